The van der Waals surface area contributed by atoms with E-state index in [4.69, 9.17) is 14.2 Å². The first kappa shape index (κ1) is 19.9. The summed E-state index contributed by atoms with van der Waals surface area (Å²) in [6.07, 6.45) is -5.98. The van der Waals surface area contributed by atoms with Crippen molar-refractivity contribution >= 4 is 17.5 Å². The van der Waals surface area contributed by atoms with Crippen LogP contribution in [0.15, 0.2) is 11.1 Å². The minimum atomic E-state index is -2.08. The van der Waals surface area contributed by atoms with Gasteiger partial charge in [0.1, 0.15) is 23.2 Å². The Kier molecular flexibility index (Phi) is 3.70. The second-order valence-corrected chi connectivity index (χ2v) is 9.00. The number of Topliss-reactive ketones (excluding diaryl/α,β-unsaturated/α-hetero) is 2. The smallest absolute Gasteiger partial charge is 0.309 e. The Morgan fingerprint density at radius 2 is 1.62 bits per heavy atom. The average Bonchev–Trinajstić information content (AvgIpc) is 3.09. The van der Waals surface area contributed by atoms with Crippen LogP contribution in [-0.2, 0) is 24.6 Å². The number of rotatable bonds is 0. The lowest BCUT2D eigenvalue weighted by molar-refractivity contribution is -0.246. The molecule has 168 valence electrons. The van der Waals surface area contributed by atoms with Gasteiger partial charge < -0.3 is 34.6 Å². The van der Waals surface area contributed by atoms with Crippen LogP contribution in [0.25, 0.3) is 0 Å². The molecule has 1 aromatic carbocycles. The highest BCUT2D eigenvalue weighted by atomic mass is 16.6. The topological polar surface area (TPSA) is 160 Å². The van der Waals surface area contributed by atoms with Gasteiger partial charge in [-0.05, 0) is 13.8 Å². The highest BCUT2D eigenvalue weighted by molar-refractivity contribution is 6.30. The minimum Gasteiger partial charge on any atom is -0.507 e. The number of phenolic OH excluding ortho intramolecular Hbond substituents is 2. The predicted octanol–water partition coefficient (Wildman–Crippen LogP) is 0.288. The fraction of sp³-hybridized carbons (Fsp3) is 0.500. The van der Waals surface area contributed by atoms with Crippen LogP contribution >= 0.6 is 0 Å². The first-order valence-electron chi connectivity index (χ1n) is 10.4. The van der Waals surface area contributed by atoms with Gasteiger partial charge in [-0.1, -0.05) is 0 Å². The van der Waals surface area contributed by atoms with E-state index in [2.05, 4.69) is 0 Å². The lowest BCUT2D eigenvalue weighted by Gasteiger charge is -2.52. The van der Waals surface area contributed by atoms with Crippen molar-refractivity contribution in [3.05, 3.63) is 33.4 Å². The number of esters is 1. The van der Waals surface area contributed by atoms with Gasteiger partial charge in [-0.3, -0.25) is 14.4 Å². The molecule has 7 rings (SSSR count). The lowest BCUT2D eigenvalue weighted by atomic mass is 9.66. The van der Waals surface area contributed by atoms with Gasteiger partial charge in [-0.25, -0.2) is 0 Å². The first-order chi connectivity index (χ1) is 15.1. The summed E-state index contributed by atoms with van der Waals surface area (Å²) < 4.78 is 16.7. The van der Waals surface area contributed by atoms with Gasteiger partial charge in [-0.15, -0.1) is 0 Å². The summed E-state index contributed by atoms with van der Waals surface area (Å²) in [7, 11) is 0. The number of ether oxygens (including phenoxy) is 3. The molecule has 2 saturated heterocycles. The van der Waals surface area contributed by atoms with E-state index in [9.17, 15) is 34.8 Å². The van der Waals surface area contributed by atoms with Crippen molar-refractivity contribution in [3.8, 4) is 11.5 Å². The molecule has 0 spiro atoms. The number of carbonyl (C=O) groups excluding carboxylic acids is 3. The van der Waals surface area contributed by atoms with Gasteiger partial charge in [0.15, 0.2) is 17.7 Å². The number of aromatic hydroxyl groups is 2. The Bertz CT molecular complexity index is 1170. The number of carbonyl (C=O) groups is 3. The molecule has 4 heterocycles. The second kappa shape index (κ2) is 5.96. The van der Waals surface area contributed by atoms with Gasteiger partial charge in [0, 0.05) is 23.1 Å². The van der Waals surface area contributed by atoms with Gasteiger partial charge in [-0.2, -0.15) is 0 Å². The van der Waals surface area contributed by atoms with Crippen LogP contribution in [0.1, 0.15) is 64.6 Å². The Hall–Kier alpha value is -2.79. The average molecular weight is 444 g/mol. The van der Waals surface area contributed by atoms with Gasteiger partial charge in [0.2, 0.25) is 0 Å². The molecule has 10 heteroatoms. The minimum absolute atomic E-state index is 0.0302. The van der Waals surface area contributed by atoms with Crippen molar-refractivity contribution in [3.63, 3.8) is 0 Å². The molecule has 7 atom stereocenters. The molecule has 0 amide bonds. The fourth-order valence-corrected chi connectivity index (χ4v) is 5.95. The monoisotopic (exact) mass is 444 g/mol. The third kappa shape index (κ3) is 2.06. The van der Waals surface area contributed by atoms with E-state index in [-0.39, 0.29) is 35.1 Å². The zero-order chi connectivity index (χ0) is 22.9. The predicted molar refractivity (Wildman–Crippen MR) is 102 cm³/mol. The van der Waals surface area contributed by atoms with Crippen LogP contribution in [0.4, 0.5) is 0 Å². The van der Waals surface area contributed by atoms with Crippen molar-refractivity contribution in [2.75, 3.05) is 0 Å². The van der Waals surface area contributed by atoms with E-state index >= 15 is 0 Å². The maximum absolute atomic E-state index is 13.6. The highest BCUT2D eigenvalue weighted by Crippen LogP contribution is 2.59. The molecule has 32 heavy (non-hydrogen) atoms. The van der Waals surface area contributed by atoms with Crippen LogP contribution in [0.2, 0.25) is 0 Å². The number of hydrogen-bond donors (Lipinski definition) is 4. The Labute approximate surface area is 181 Å². The molecular formula is C22H20O10. The number of aliphatic hydroxyl groups is 2. The number of ketones is 2. The molecule has 2 bridgehead atoms. The van der Waals surface area contributed by atoms with Gasteiger partial charge in [0.25, 0.3) is 0 Å². The molecule has 2 aliphatic carbocycles. The molecule has 4 N–H and O–H groups in total. The largest absolute Gasteiger partial charge is 0.507 e. The molecule has 0 saturated carbocycles. The number of fused-ring (bicyclic) bond motifs is 5. The van der Waals surface area contributed by atoms with Gasteiger partial charge >= 0.3 is 5.97 Å². The molecular weight excluding hydrogens is 424 g/mol. The van der Waals surface area contributed by atoms with E-state index < -0.39 is 82.4 Å². The molecule has 2 fully saturated rings. The van der Waals surface area contributed by atoms with E-state index in [0.717, 1.165) is 0 Å². The lowest BCUT2D eigenvalue weighted by Crippen LogP contribution is -2.58. The summed E-state index contributed by atoms with van der Waals surface area (Å²) in [6.45, 7) is 3.06. The number of aliphatic hydroxyl groups excluding tert-OH is 1. The van der Waals surface area contributed by atoms with E-state index in [0.29, 0.717) is 0 Å². The Balaban J connectivity index is 1.64. The summed E-state index contributed by atoms with van der Waals surface area (Å²) in [5.74, 6) is -3.38. The standard InChI is InChI=1S/C22H20O10/c1-5-11-15(21-8(30-5)4-10(24)32-21)19(27)13-14(17(11)25)20(28)16-12(18(13)26)7-3-9(23)22(16,29)6(2)31-7/h5-9,21,23,26,28-29H,3-4H2,1-2H3/t5-,6-,7-,8+,9+,21+,22+/m0/s1. The maximum atomic E-state index is 13.6. The molecule has 1 aromatic rings. The number of phenols is 2. The van der Waals surface area contributed by atoms with Crippen molar-refractivity contribution < 1.29 is 49.0 Å². The molecule has 10 nitrogen and oxygen atoms in total. The summed E-state index contributed by atoms with van der Waals surface area (Å²) in [6, 6.07) is 0. The highest BCUT2D eigenvalue weighted by Gasteiger charge is 2.60. The third-order valence-corrected chi connectivity index (χ3v) is 7.41. The van der Waals surface area contributed by atoms with Crippen LogP contribution in [0.5, 0.6) is 11.5 Å². The van der Waals surface area contributed by atoms with Crippen molar-refractivity contribution in [2.24, 2.45) is 0 Å². The molecule has 0 aromatic heterocycles. The Morgan fingerprint density at radius 1 is 0.969 bits per heavy atom. The molecule has 6 aliphatic rings. The first-order valence-corrected chi connectivity index (χ1v) is 10.4. The summed E-state index contributed by atoms with van der Waals surface area (Å²) in [4.78, 5) is 39.0. The summed E-state index contributed by atoms with van der Waals surface area (Å²) >= 11 is 0. The van der Waals surface area contributed by atoms with Crippen LogP contribution in [0, 0.1) is 0 Å². The second-order valence-electron chi connectivity index (χ2n) is 9.00. The fourth-order valence-electron chi connectivity index (χ4n) is 5.95. The SMILES string of the molecule is C[C@@H]1O[C@@H]2CC(=O)O[C@H]2C2=C1C(=O)c1c(O)c3c(c(O)c1C2=O)[C@@H]1C[C@@H](O)[C@]3(O)[C@H](C)O1. The molecule has 4 aliphatic heterocycles. The van der Waals surface area contributed by atoms with E-state index in [1.807, 2.05) is 0 Å². The summed E-state index contributed by atoms with van der Waals surface area (Å²) in [5.41, 5.74) is -3.36. The zero-order valence-corrected chi connectivity index (χ0v) is 17.1. The van der Waals surface area contributed by atoms with E-state index in [1.54, 1.807) is 6.92 Å². The Morgan fingerprint density at radius 3 is 2.31 bits per heavy atom. The molecule has 0 unspecified atom stereocenters. The number of benzene rings is 1. The van der Waals surface area contributed by atoms with Crippen molar-refractivity contribution in [2.45, 2.75) is 68.9 Å². The quantitative estimate of drug-likeness (QED) is 0.323. The van der Waals surface area contributed by atoms with Crippen LogP contribution in [0.3, 0.4) is 0 Å². The maximum Gasteiger partial charge on any atom is 0.309 e. The zero-order valence-electron chi connectivity index (χ0n) is 17.1. The van der Waals surface area contributed by atoms with Crippen molar-refractivity contribution in [1.29, 1.82) is 0 Å². The van der Waals surface area contributed by atoms with Crippen molar-refractivity contribution in [1.82, 2.24) is 0 Å². The van der Waals surface area contributed by atoms with Crippen LogP contribution in [-0.4, -0.2) is 68.5 Å². The van der Waals surface area contributed by atoms with E-state index in [1.165, 1.54) is 6.92 Å². The van der Waals surface area contributed by atoms with Crippen LogP contribution < -0.4 is 0 Å². The third-order valence-electron chi connectivity index (χ3n) is 7.41. The summed E-state index contributed by atoms with van der Waals surface area (Å²) in [5, 5.41) is 44.1. The number of hydrogen-bond acceptors (Lipinski definition) is 10. The molecule has 0 radical (unpaired) electrons. The van der Waals surface area contributed by atoms with Gasteiger partial charge in [0.05, 0.1) is 47.5 Å². The normalized spacial score (nSPS) is 39.4.